The average Bonchev–Trinajstić information content (AvgIpc) is 3.48. The summed E-state index contributed by atoms with van der Waals surface area (Å²) in [6.45, 7) is 3.24. The lowest BCUT2D eigenvalue weighted by Crippen LogP contribution is -2.52. The van der Waals surface area contributed by atoms with Crippen molar-refractivity contribution in [3.63, 3.8) is 0 Å². The Morgan fingerprint density at radius 3 is 2.30 bits per heavy atom. The van der Waals surface area contributed by atoms with Gasteiger partial charge in [0.2, 0.25) is 11.8 Å². The van der Waals surface area contributed by atoms with Crippen molar-refractivity contribution in [1.82, 2.24) is 10.2 Å². The predicted octanol–water partition coefficient (Wildman–Crippen LogP) is 4.68. The van der Waals surface area contributed by atoms with Gasteiger partial charge >= 0.3 is 0 Å². The number of ether oxygens (including phenoxy) is 1. The number of aryl methyl sites for hydroxylation is 1. The SMILES string of the molecule is COc1cccc(CN(C(=O)CN(c2ccc(C)cc2)S(=O)(=O)c2ccccc2)[C@H](C)C(=O)NC2CCCC2)c1. The van der Waals surface area contributed by atoms with Crippen molar-refractivity contribution in [2.24, 2.45) is 0 Å². The van der Waals surface area contributed by atoms with Gasteiger partial charge in [-0.3, -0.25) is 13.9 Å². The molecule has 1 N–H and O–H groups in total. The normalized spacial score (nSPS) is 14.4. The summed E-state index contributed by atoms with van der Waals surface area (Å²) in [6.07, 6.45) is 3.96. The number of nitrogens with one attached hydrogen (secondary N) is 1. The van der Waals surface area contributed by atoms with Gasteiger partial charge in [-0.25, -0.2) is 8.42 Å². The quantitative estimate of drug-likeness (QED) is 0.366. The van der Waals surface area contributed by atoms with E-state index in [2.05, 4.69) is 5.32 Å². The van der Waals surface area contributed by atoms with Crippen LogP contribution in [0, 0.1) is 6.92 Å². The zero-order valence-electron chi connectivity index (χ0n) is 23.2. The number of carbonyl (C=O) groups excluding carboxylic acids is 2. The van der Waals surface area contributed by atoms with Crippen molar-refractivity contribution in [1.29, 1.82) is 0 Å². The van der Waals surface area contributed by atoms with Crippen LogP contribution in [0.5, 0.6) is 5.75 Å². The lowest BCUT2D eigenvalue weighted by atomic mass is 10.1. The average molecular weight is 564 g/mol. The maximum Gasteiger partial charge on any atom is 0.264 e. The van der Waals surface area contributed by atoms with Crippen molar-refractivity contribution in [2.45, 2.75) is 63.1 Å². The van der Waals surface area contributed by atoms with Crippen LogP contribution in [0.1, 0.15) is 43.7 Å². The molecule has 0 saturated heterocycles. The Morgan fingerprint density at radius 2 is 1.65 bits per heavy atom. The Morgan fingerprint density at radius 1 is 0.975 bits per heavy atom. The smallest absolute Gasteiger partial charge is 0.264 e. The number of sulfonamides is 1. The summed E-state index contributed by atoms with van der Waals surface area (Å²) in [5, 5.41) is 3.08. The Bertz CT molecular complexity index is 1400. The molecule has 1 aliphatic carbocycles. The molecule has 0 radical (unpaired) electrons. The minimum Gasteiger partial charge on any atom is -0.497 e. The summed E-state index contributed by atoms with van der Waals surface area (Å²) < 4.78 is 34.1. The third-order valence-corrected chi connectivity index (χ3v) is 9.08. The molecule has 0 heterocycles. The summed E-state index contributed by atoms with van der Waals surface area (Å²) >= 11 is 0. The first-order valence-corrected chi connectivity index (χ1v) is 15.0. The highest BCUT2D eigenvalue weighted by atomic mass is 32.2. The van der Waals surface area contributed by atoms with Gasteiger partial charge in [-0.05, 0) is 68.7 Å². The molecule has 4 rings (SSSR count). The van der Waals surface area contributed by atoms with Gasteiger partial charge in [0.1, 0.15) is 18.3 Å². The molecule has 1 aliphatic rings. The summed E-state index contributed by atoms with van der Waals surface area (Å²) in [7, 11) is -2.52. The van der Waals surface area contributed by atoms with Crippen LogP contribution >= 0.6 is 0 Å². The molecule has 0 aliphatic heterocycles. The van der Waals surface area contributed by atoms with E-state index in [0.29, 0.717) is 11.4 Å². The molecule has 212 valence electrons. The first-order valence-electron chi connectivity index (χ1n) is 13.6. The minimum absolute atomic E-state index is 0.0785. The highest BCUT2D eigenvalue weighted by Gasteiger charge is 2.33. The number of hydrogen-bond acceptors (Lipinski definition) is 5. The fourth-order valence-electron chi connectivity index (χ4n) is 4.90. The van der Waals surface area contributed by atoms with Crippen LogP contribution in [0.4, 0.5) is 5.69 Å². The summed E-state index contributed by atoms with van der Waals surface area (Å²) in [5.74, 6) is -0.117. The molecule has 3 aromatic carbocycles. The number of benzene rings is 3. The fraction of sp³-hybridized carbons (Fsp3) is 0.355. The van der Waals surface area contributed by atoms with Crippen LogP contribution in [0.2, 0.25) is 0 Å². The monoisotopic (exact) mass is 563 g/mol. The van der Waals surface area contributed by atoms with Crippen LogP contribution in [0.15, 0.2) is 83.8 Å². The second kappa shape index (κ2) is 13.0. The lowest BCUT2D eigenvalue weighted by Gasteiger charge is -2.32. The van der Waals surface area contributed by atoms with Gasteiger partial charge in [-0.1, -0.05) is 60.9 Å². The number of rotatable bonds is 11. The first kappa shape index (κ1) is 29.1. The molecule has 0 bridgehead atoms. The summed E-state index contributed by atoms with van der Waals surface area (Å²) in [6, 6.07) is 21.6. The van der Waals surface area contributed by atoms with E-state index in [1.165, 1.54) is 17.0 Å². The predicted molar refractivity (Wildman–Crippen MR) is 156 cm³/mol. The Balaban J connectivity index is 1.68. The van der Waals surface area contributed by atoms with E-state index < -0.39 is 28.5 Å². The molecular formula is C31H37N3O5S. The van der Waals surface area contributed by atoms with Crippen LogP contribution < -0.4 is 14.4 Å². The number of hydrogen-bond donors (Lipinski definition) is 1. The topological polar surface area (TPSA) is 96.0 Å². The molecule has 0 unspecified atom stereocenters. The maximum absolute atomic E-state index is 14.0. The van der Waals surface area contributed by atoms with Gasteiger partial charge in [-0.2, -0.15) is 0 Å². The first-order chi connectivity index (χ1) is 19.2. The molecule has 3 aromatic rings. The van der Waals surface area contributed by atoms with E-state index in [9.17, 15) is 18.0 Å². The van der Waals surface area contributed by atoms with Gasteiger partial charge in [-0.15, -0.1) is 0 Å². The van der Waals surface area contributed by atoms with Gasteiger partial charge in [0.15, 0.2) is 0 Å². The van der Waals surface area contributed by atoms with Gasteiger partial charge in [0.25, 0.3) is 10.0 Å². The largest absolute Gasteiger partial charge is 0.497 e. The molecule has 1 fully saturated rings. The third-order valence-electron chi connectivity index (χ3n) is 7.29. The van der Waals surface area contributed by atoms with Crippen LogP contribution in [0.25, 0.3) is 0 Å². The van der Waals surface area contributed by atoms with Gasteiger partial charge < -0.3 is 15.0 Å². The molecule has 40 heavy (non-hydrogen) atoms. The maximum atomic E-state index is 14.0. The van der Waals surface area contributed by atoms with Gasteiger partial charge in [0.05, 0.1) is 17.7 Å². The molecule has 8 nitrogen and oxygen atoms in total. The second-order valence-corrected chi connectivity index (χ2v) is 12.1. The Labute approximate surface area is 237 Å². The fourth-order valence-corrected chi connectivity index (χ4v) is 6.34. The van der Waals surface area contributed by atoms with Crippen LogP contribution in [-0.2, 0) is 26.2 Å². The van der Waals surface area contributed by atoms with E-state index >= 15 is 0 Å². The zero-order chi connectivity index (χ0) is 28.7. The lowest BCUT2D eigenvalue weighted by molar-refractivity contribution is -0.139. The molecule has 0 aromatic heterocycles. The van der Waals surface area contributed by atoms with E-state index in [1.807, 2.05) is 19.1 Å². The van der Waals surface area contributed by atoms with E-state index in [-0.39, 0.29) is 23.4 Å². The number of nitrogens with zero attached hydrogens (tertiary/aromatic N) is 2. The Kier molecular flexibility index (Phi) is 9.47. The molecule has 9 heteroatoms. The standard InChI is InChI=1S/C31H37N3O5S/c1-23-16-18-27(19-17-23)34(40(37,38)29-14-5-4-6-15-29)22-30(35)33(21-25-10-9-13-28(20-25)39-3)24(2)31(36)32-26-11-7-8-12-26/h4-6,9-10,13-20,24,26H,7-8,11-12,21-22H2,1-3H3,(H,32,36)/t24-/m1/s1. The molecule has 1 saturated carbocycles. The van der Waals surface area contributed by atoms with Gasteiger partial charge in [0, 0.05) is 12.6 Å². The highest BCUT2D eigenvalue weighted by Crippen LogP contribution is 2.25. The van der Waals surface area contributed by atoms with Crippen molar-refractivity contribution >= 4 is 27.5 Å². The van der Waals surface area contributed by atoms with Crippen molar-refractivity contribution in [2.75, 3.05) is 18.0 Å². The number of carbonyl (C=O) groups is 2. The molecule has 1 atom stereocenters. The van der Waals surface area contributed by atoms with Crippen molar-refractivity contribution in [3.05, 3.63) is 90.0 Å². The molecule has 0 spiro atoms. The summed E-state index contributed by atoms with van der Waals surface area (Å²) in [5.41, 5.74) is 2.09. The van der Waals surface area contributed by atoms with Crippen molar-refractivity contribution in [3.8, 4) is 5.75 Å². The third kappa shape index (κ3) is 7.01. The van der Waals surface area contributed by atoms with Crippen molar-refractivity contribution < 1.29 is 22.7 Å². The minimum atomic E-state index is -4.08. The van der Waals surface area contributed by atoms with E-state index in [0.717, 1.165) is 41.1 Å². The number of anilines is 1. The molecule has 2 amide bonds. The Hall–Kier alpha value is -3.85. The number of methoxy groups -OCH3 is 1. The molecular weight excluding hydrogens is 526 g/mol. The summed E-state index contributed by atoms with van der Waals surface area (Å²) in [4.78, 5) is 28.9. The number of amides is 2. The second-order valence-electron chi connectivity index (χ2n) is 10.2. The van der Waals surface area contributed by atoms with Crippen LogP contribution in [-0.4, -0.2) is 50.9 Å². The highest BCUT2D eigenvalue weighted by molar-refractivity contribution is 7.92. The zero-order valence-corrected chi connectivity index (χ0v) is 24.1. The van der Waals surface area contributed by atoms with Crippen LogP contribution in [0.3, 0.4) is 0 Å². The van der Waals surface area contributed by atoms with E-state index in [1.54, 1.807) is 68.6 Å². The van der Waals surface area contributed by atoms with E-state index in [4.69, 9.17) is 4.74 Å².